The monoisotopic (exact) mass is 304 g/mol. The molecule has 0 spiro atoms. The van der Waals surface area contributed by atoms with E-state index in [2.05, 4.69) is 48.8 Å². The Bertz CT molecular complexity index is 527. The van der Waals surface area contributed by atoms with E-state index in [0.717, 1.165) is 16.0 Å². The molecule has 2 rings (SSSR count). The summed E-state index contributed by atoms with van der Waals surface area (Å²) in [5, 5.41) is 0. The number of benzene rings is 2. The minimum atomic E-state index is 0.121. The molecule has 2 aromatic carbocycles. The van der Waals surface area contributed by atoms with Crippen molar-refractivity contribution in [3.05, 3.63) is 58.6 Å². The van der Waals surface area contributed by atoms with Crippen molar-refractivity contribution in [1.82, 2.24) is 0 Å². The molecule has 0 amide bonds. The fraction of sp³-hybridized carbons (Fsp3) is 0.250. The average molecular weight is 305 g/mol. The molecule has 0 fully saturated rings. The van der Waals surface area contributed by atoms with Gasteiger partial charge in [0.05, 0.1) is 4.47 Å². The van der Waals surface area contributed by atoms with Crippen LogP contribution in [0.25, 0.3) is 0 Å². The SMILES string of the molecule is CC(C)(C)c1ccc(Br)c(Oc2ccccc2)c1. The zero-order chi connectivity index (χ0) is 13.2. The van der Waals surface area contributed by atoms with E-state index in [1.165, 1.54) is 5.56 Å². The van der Waals surface area contributed by atoms with Gasteiger partial charge in [-0.05, 0) is 51.2 Å². The van der Waals surface area contributed by atoms with Gasteiger partial charge in [-0.15, -0.1) is 0 Å². The van der Waals surface area contributed by atoms with Crippen LogP contribution in [0.2, 0.25) is 0 Å². The number of para-hydroxylation sites is 1. The first-order valence-corrected chi connectivity index (χ1v) is 6.79. The predicted octanol–water partition coefficient (Wildman–Crippen LogP) is 5.54. The molecule has 0 unspecified atom stereocenters. The number of rotatable bonds is 2. The lowest BCUT2D eigenvalue weighted by Crippen LogP contribution is -2.10. The van der Waals surface area contributed by atoms with Crippen molar-refractivity contribution < 1.29 is 4.74 Å². The molecule has 0 radical (unpaired) electrons. The van der Waals surface area contributed by atoms with Crippen LogP contribution in [0.3, 0.4) is 0 Å². The molecule has 0 N–H and O–H groups in total. The lowest BCUT2D eigenvalue weighted by molar-refractivity contribution is 0.475. The second-order valence-electron chi connectivity index (χ2n) is 5.31. The molecular weight excluding hydrogens is 288 g/mol. The fourth-order valence-electron chi connectivity index (χ4n) is 1.66. The van der Waals surface area contributed by atoms with Crippen molar-refractivity contribution in [3.8, 4) is 11.5 Å². The third kappa shape index (κ3) is 3.14. The lowest BCUT2D eigenvalue weighted by Gasteiger charge is -2.20. The maximum absolute atomic E-state index is 5.90. The molecule has 0 saturated heterocycles. The number of ether oxygens (including phenoxy) is 1. The molecule has 2 heteroatoms. The molecule has 1 nitrogen and oxygen atoms in total. The molecule has 0 bridgehead atoms. The summed E-state index contributed by atoms with van der Waals surface area (Å²) >= 11 is 3.53. The molecular formula is C16H17BrO. The Labute approximate surface area is 117 Å². The highest BCUT2D eigenvalue weighted by molar-refractivity contribution is 9.10. The van der Waals surface area contributed by atoms with Gasteiger partial charge in [0, 0.05) is 0 Å². The lowest BCUT2D eigenvalue weighted by atomic mass is 9.87. The Morgan fingerprint density at radius 1 is 0.944 bits per heavy atom. The zero-order valence-electron chi connectivity index (χ0n) is 10.9. The molecule has 2 aromatic rings. The van der Waals surface area contributed by atoms with Crippen LogP contribution in [0.4, 0.5) is 0 Å². The average Bonchev–Trinajstić information content (AvgIpc) is 2.32. The molecule has 18 heavy (non-hydrogen) atoms. The number of halogens is 1. The zero-order valence-corrected chi connectivity index (χ0v) is 12.5. The largest absolute Gasteiger partial charge is 0.456 e. The summed E-state index contributed by atoms with van der Waals surface area (Å²) in [5.74, 6) is 1.71. The third-order valence-corrected chi connectivity index (χ3v) is 3.42. The van der Waals surface area contributed by atoms with Crippen LogP contribution in [0.5, 0.6) is 11.5 Å². The fourth-order valence-corrected chi connectivity index (χ4v) is 1.99. The maximum atomic E-state index is 5.90. The molecule has 0 aliphatic rings. The van der Waals surface area contributed by atoms with E-state index in [1.54, 1.807) is 0 Å². The first-order valence-electron chi connectivity index (χ1n) is 6.00. The van der Waals surface area contributed by atoms with Gasteiger partial charge in [0.15, 0.2) is 0 Å². The summed E-state index contributed by atoms with van der Waals surface area (Å²) < 4.78 is 6.87. The molecule has 94 valence electrons. The van der Waals surface area contributed by atoms with Crippen molar-refractivity contribution >= 4 is 15.9 Å². The summed E-state index contributed by atoms with van der Waals surface area (Å²) in [6, 6.07) is 16.1. The van der Waals surface area contributed by atoms with E-state index in [9.17, 15) is 0 Å². The van der Waals surface area contributed by atoms with Crippen molar-refractivity contribution in [2.24, 2.45) is 0 Å². The van der Waals surface area contributed by atoms with Crippen LogP contribution < -0.4 is 4.74 Å². The smallest absolute Gasteiger partial charge is 0.141 e. The Morgan fingerprint density at radius 2 is 1.61 bits per heavy atom. The van der Waals surface area contributed by atoms with E-state index >= 15 is 0 Å². The second-order valence-corrected chi connectivity index (χ2v) is 6.16. The van der Waals surface area contributed by atoms with Gasteiger partial charge in [0.2, 0.25) is 0 Å². The van der Waals surface area contributed by atoms with Crippen LogP contribution in [0.1, 0.15) is 26.3 Å². The van der Waals surface area contributed by atoms with Crippen molar-refractivity contribution in [2.45, 2.75) is 26.2 Å². The minimum Gasteiger partial charge on any atom is -0.456 e. The molecule has 0 heterocycles. The van der Waals surface area contributed by atoms with Crippen LogP contribution in [0.15, 0.2) is 53.0 Å². The number of hydrogen-bond acceptors (Lipinski definition) is 1. The van der Waals surface area contributed by atoms with Crippen LogP contribution in [-0.2, 0) is 5.41 Å². The summed E-state index contributed by atoms with van der Waals surface area (Å²) in [4.78, 5) is 0. The Morgan fingerprint density at radius 3 is 2.22 bits per heavy atom. The predicted molar refractivity (Wildman–Crippen MR) is 79.4 cm³/mol. The van der Waals surface area contributed by atoms with E-state index in [1.807, 2.05) is 36.4 Å². The van der Waals surface area contributed by atoms with Gasteiger partial charge in [-0.3, -0.25) is 0 Å². The summed E-state index contributed by atoms with van der Waals surface area (Å²) in [6.07, 6.45) is 0. The standard InChI is InChI=1S/C16H17BrO/c1-16(2,3)12-9-10-14(17)15(11-12)18-13-7-5-4-6-8-13/h4-11H,1-3H3. The van der Waals surface area contributed by atoms with Gasteiger partial charge >= 0.3 is 0 Å². The van der Waals surface area contributed by atoms with Gasteiger partial charge in [0.1, 0.15) is 11.5 Å². The molecule has 0 saturated carbocycles. The highest BCUT2D eigenvalue weighted by Gasteiger charge is 2.15. The highest BCUT2D eigenvalue weighted by Crippen LogP contribution is 2.34. The van der Waals surface area contributed by atoms with E-state index in [4.69, 9.17) is 4.74 Å². The maximum Gasteiger partial charge on any atom is 0.141 e. The summed E-state index contributed by atoms with van der Waals surface area (Å²) in [5.41, 5.74) is 1.38. The van der Waals surface area contributed by atoms with Gasteiger partial charge in [-0.1, -0.05) is 45.0 Å². The van der Waals surface area contributed by atoms with Crippen molar-refractivity contribution in [3.63, 3.8) is 0 Å². The van der Waals surface area contributed by atoms with Crippen LogP contribution in [0, 0.1) is 0 Å². The van der Waals surface area contributed by atoms with Gasteiger partial charge in [-0.25, -0.2) is 0 Å². The first kappa shape index (κ1) is 13.2. The summed E-state index contributed by atoms with van der Waals surface area (Å²) in [6.45, 7) is 6.59. The van der Waals surface area contributed by atoms with E-state index in [-0.39, 0.29) is 5.41 Å². The second kappa shape index (κ2) is 5.15. The van der Waals surface area contributed by atoms with Gasteiger partial charge in [-0.2, -0.15) is 0 Å². The summed E-state index contributed by atoms with van der Waals surface area (Å²) in [7, 11) is 0. The quantitative estimate of drug-likeness (QED) is 0.708. The Hall–Kier alpha value is -1.28. The minimum absolute atomic E-state index is 0.121. The number of hydrogen-bond donors (Lipinski definition) is 0. The molecule has 0 aliphatic carbocycles. The van der Waals surface area contributed by atoms with E-state index in [0.29, 0.717) is 0 Å². The Kier molecular flexibility index (Phi) is 3.76. The topological polar surface area (TPSA) is 9.23 Å². The molecule has 0 atom stereocenters. The highest BCUT2D eigenvalue weighted by atomic mass is 79.9. The van der Waals surface area contributed by atoms with Gasteiger partial charge < -0.3 is 4.74 Å². The van der Waals surface area contributed by atoms with Crippen molar-refractivity contribution in [1.29, 1.82) is 0 Å². The molecule has 0 aliphatic heterocycles. The third-order valence-electron chi connectivity index (χ3n) is 2.77. The molecule has 0 aromatic heterocycles. The Balaban J connectivity index is 2.33. The van der Waals surface area contributed by atoms with E-state index < -0.39 is 0 Å². The van der Waals surface area contributed by atoms with Crippen LogP contribution >= 0.6 is 15.9 Å². The van der Waals surface area contributed by atoms with Crippen LogP contribution in [-0.4, -0.2) is 0 Å². The van der Waals surface area contributed by atoms with Gasteiger partial charge in [0.25, 0.3) is 0 Å². The van der Waals surface area contributed by atoms with Crippen molar-refractivity contribution in [2.75, 3.05) is 0 Å². The normalized spacial score (nSPS) is 11.3. The first-order chi connectivity index (χ1) is 8.47.